The molecular formula is C15H19BrClF2N. The van der Waals surface area contributed by atoms with Crippen LogP contribution in [0.2, 0.25) is 5.02 Å². The molecule has 1 aliphatic rings. The van der Waals surface area contributed by atoms with Crippen LogP contribution in [0.3, 0.4) is 0 Å². The van der Waals surface area contributed by atoms with Crippen LogP contribution in [0.15, 0.2) is 10.5 Å². The van der Waals surface area contributed by atoms with E-state index >= 15 is 0 Å². The number of hydrogen-bond donors (Lipinski definition) is 0. The monoisotopic (exact) mass is 365 g/mol. The van der Waals surface area contributed by atoms with Crippen LogP contribution in [0.4, 0.5) is 8.78 Å². The topological polar surface area (TPSA) is 12.9 Å². The van der Waals surface area contributed by atoms with Crippen molar-refractivity contribution in [2.24, 2.45) is 0 Å². The summed E-state index contributed by atoms with van der Waals surface area (Å²) in [6.45, 7) is 6.15. The number of halogens is 4. The van der Waals surface area contributed by atoms with Crippen LogP contribution in [-0.2, 0) is 5.41 Å². The quantitative estimate of drug-likeness (QED) is 0.586. The Labute approximate surface area is 132 Å². The second-order valence-electron chi connectivity index (χ2n) is 6.57. The third-order valence-electron chi connectivity index (χ3n) is 3.77. The van der Waals surface area contributed by atoms with Gasteiger partial charge in [-0.3, -0.25) is 4.98 Å². The van der Waals surface area contributed by atoms with E-state index < -0.39 is 5.92 Å². The molecule has 0 saturated heterocycles. The number of rotatable bonds is 1. The predicted molar refractivity (Wildman–Crippen MR) is 81.8 cm³/mol. The Morgan fingerprint density at radius 2 is 1.85 bits per heavy atom. The number of alkyl halides is 2. The average molecular weight is 367 g/mol. The number of aromatic nitrogens is 1. The van der Waals surface area contributed by atoms with Crippen molar-refractivity contribution < 1.29 is 8.78 Å². The lowest BCUT2D eigenvalue weighted by atomic mass is 9.83. The maximum atomic E-state index is 13.3. The molecule has 5 heteroatoms. The van der Waals surface area contributed by atoms with Gasteiger partial charge in [0.25, 0.3) is 0 Å². The molecule has 1 aromatic rings. The lowest BCUT2D eigenvalue weighted by Crippen LogP contribution is -2.25. The first-order valence-corrected chi connectivity index (χ1v) is 8.01. The van der Waals surface area contributed by atoms with E-state index in [1.807, 2.05) is 26.8 Å². The molecule has 0 N–H and O–H groups in total. The standard InChI is InChI=1S/C15H19BrClF2N/c1-14(2,3)13-11(17)8-10(16)12(20-13)9-4-6-15(18,19)7-5-9/h8-9H,4-7H2,1-3H3. The Morgan fingerprint density at radius 1 is 1.30 bits per heavy atom. The van der Waals surface area contributed by atoms with Gasteiger partial charge in [-0.25, -0.2) is 8.78 Å². The van der Waals surface area contributed by atoms with Crippen molar-refractivity contribution in [1.29, 1.82) is 0 Å². The summed E-state index contributed by atoms with van der Waals surface area (Å²) in [6, 6.07) is 1.84. The van der Waals surface area contributed by atoms with Gasteiger partial charge in [-0.2, -0.15) is 0 Å². The highest BCUT2D eigenvalue weighted by Gasteiger charge is 2.37. The zero-order valence-corrected chi connectivity index (χ0v) is 14.3. The molecule has 0 atom stereocenters. The van der Waals surface area contributed by atoms with Gasteiger partial charge in [0.05, 0.1) is 16.4 Å². The van der Waals surface area contributed by atoms with Gasteiger partial charge < -0.3 is 0 Å². The van der Waals surface area contributed by atoms with E-state index in [9.17, 15) is 8.78 Å². The first kappa shape index (κ1) is 16.2. The Bertz CT molecular complexity index is 501. The van der Waals surface area contributed by atoms with Crippen molar-refractivity contribution in [3.8, 4) is 0 Å². The number of nitrogens with zero attached hydrogens (tertiary/aromatic N) is 1. The zero-order chi connectivity index (χ0) is 15.1. The second kappa shape index (κ2) is 5.53. The van der Waals surface area contributed by atoms with E-state index in [-0.39, 0.29) is 24.2 Å². The fourth-order valence-electron chi connectivity index (χ4n) is 2.61. The fourth-order valence-corrected chi connectivity index (χ4v) is 3.81. The van der Waals surface area contributed by atoms with Crippen molar-refractivity contribution >= 4 is 27.5 Å². The van der Waals surface area contributed by atoms with Gasteiger partial charge in [0.2, 0.25) is 5.92 Å². The van der Waals surface area contributed by atoms with Crippen molar-refractivity contribution in [3.05, 3.63) is 26.9 Å². The Balaban J connectivity index is 2.33. The molecule has 1 heterocycles. The average Bonchev–Trinajstić information content (AvgIpc) is 2.28. The molecule has 0 radical (unpaired) electrons. The molecule has 0 aromatic carbocycles. The SMILES string of the molecule is CC(C)(C)c1nc(C2CCC(F)(F)CC2)c(Br)cc1Cl. The molecule has 1 aliphatic carbocycles. The minimum atomic E-state index is -2.51. The van der Waals surface area contributed by atoms with Crippen molar-refractivity contribution in [3.63, 3.8) is 0 Å². The van der Waals surface area contributed by atoms with Crippen LogP contribution < -0.4 is 0 Å². The molecule has 1 aromatic heterocycles. The van der Waals surface area contributed by atoms with Crippen LogP contribution in [0, 0.1) is 0 Å². The normalized spacial score (nSPS) is 20.1. The molecule has 1 nitrogen and oxygen atoms in total. The molecule has 1 fully saturated rings. The van der Waals surface area contributed by atoms with Crippen LogP contribution in [0.1, 0.15) is 63.8 Å². The first-order chi connectivity index (χ1) is 9.10. The highest BCUT2D eigenvalue weighted by Crippen LogP contribution is 2.43. The second-order valence-corrected chi connectivity index (χ2v) is 7.83. The van der Waals surface area contributed by atoms with E-state index in [0.717, 1.165) is 15.9 Å². The van der Waals surface area contributed by atoms with Gasteiger partial charge in [-0.05, 0) is 34.8 Å². The lowest BCUT2D eigenvalue weighted by molar-refractivity contribution is -0.0385. The maximum absolute atomic E-state index is 13.3. The van der Waals surface area contributed by atoms with Crippen molar-refractivity contribution in [1.82, 2.24) is 4.98 Å². The van der Waals surface area contributed by atoms with Crippen molar-refractivity contribution in [2.45, 2.75) is 63.7 Å². The van der Waals surface area contributed by atoms with Gasteiger partial charge in [0, 0.05) is 28.6 Å². The molecule has 20 heavy (non-hydrogen) atoms. The van der Waals surface area contributed by atoms with Gasteiger partial charge in [0.15, 0.2) is 0 Å². The van der Waals surface area contributed by atoms with Gasteiger partial charge in [-0.1, -0.05) is 32.4 Å². The molecule has 112 valence electrons. The third-order valence-corrected chi connectivity index (χ3v) is 4.69. The van der Waals surface area contributed by atoms with Gasteiger partial charge in [-0.15, -0.1) is 0 Å². The van der Waals surface area contributed by atoms with Crippen LogP contribution in [0.25, 0.3) is 0 Å². The first-order valence-electron chi connectivity index (χ1n) is 6.84. The van der Waals surface area contributed by atoms with E-state index in [1.165, 1.54) is 0 Å². The van der Waals surface area contributed by atoms with E-state index in [0.29, 0.717) is 17.9 Å². The number of pyridine rings is 1. The summed E-state index contributed by atoms with van der Waals surface area (Å²) >= 11 is 9.74. The minimum absolute atomic E-state index is 0.0563. The largest absolute Gasteiger partial charge is 0.254 e. The summed E-state index contributed by atoms with van der Waals surface area (Å²) in [5.74, 6) is -2.43. The maximum Gasteiger partial charge on any atom is 0.248 e. The van der Waals surface area contributed by atoms with Gasteiger partial charge >= 0.3 is 0 Å². The van der Waals surface area contributed by atoms with Crippen LogP contribution in [-0.4, -0.2) is 10.9 Å². The van der Waals surface area contributed by atoms with E-state index in [4.69, 9.17) is 16.6 Å². The predicted octanol–water partition coefficient (Wildman–Crippen LogP) is 6.09. The highest BCUT2D eigenvalue weighted by atomic mass is 79.9. The summed E-state index contributed by atoms with van der Waals surface area (Å²) in [5, 5.41) is 0.620. The molecule has 0 amide bonds. The smallest absolute Gasteiger partial charge is 0.248 e. The minimum Gasteiger partial charge on any atom is -0.254 e. The molecule has 0 bridgehead atoms. The molecule has 0 unspecified atom stereocenters. The molecular weight excluding hydrogens is 348 g/mol. The van der Waals surface area contributed by atoms with Gasteiger partial charge in [0.1, 0.15) is 0 Å². The highest BCUT2D eigenvalue weighted by molar-refractivity contribution is 9.10. The summed E-state index contributed by atoms with van der Waals surface area (Å²) in [4.78, 5) is 4.69. The zero-order valence-electron chi connectivity index (χ0n) is 11.9. The molecule has 1 saturated carbocycles. The lowest BCUT2D eigenvalue weighted by Gasteiger charge is -2.29. The van der Waals surface area contributed by atoms with Crippen LogP contribution >= 0.6 is 27.5 Å². The molecule has 2 rings (SSSR count). The Hall–Kier alpha value is -0.220. The summed E-state index contributed by atoms with van der Waals surface area (Å²) in [7, 11) is 0. The van der Waals surface area contributed by atoms with Crippen molar-refractivity contribution in [2.75, 3.05) is 0 Å². The fraction of sp³-hybridized carbons (Fsp3) is 0.667. The molecule has 0 aliphatic heterocycles. The summed E-state index contributed by atoms with van der Waals surface area (Å²) in [6.07, 6.45) is 0.839. The Morgan fingerprint density at radius 3 is 2.35 bits per heavy atom. The summed E-state index contributed by atoms with van der Waals surface area (Å²) < 4.78 is 27.4. The number of hydrogen-bond acceptors (Lipinski definition) is 1. The summed E-state index contributed by atoms with van der Waals surface area (Å²) in [5.41, 5.74) is 1.54. The van der Waals surface area contributed by atoms with E-state index in [1.54, 1.807) is 0 Å². The van der Waals surface area contributed by atoms with E-state index in [2.05, 4.69) is 15.9 Å². The van der Waals surface area contributed by atoms with Crippen LogP contribution in [0.5, 0.6) is 0 Å². The third kappa shape index (κ3) is 3.51. The Kier molecular flexibility index (Phi) is 4.46. The molecule has 0 spiro atoms.